The average Bonchev–Trinajstić information content (AvgIpc) is 2.87. The van der Waals surface area contributed by atoms with Crippen LogP contribution < -0.4 is 10.2 Å². The summed E-state index contributed by atoms with van der Waals surface area (Å²) in [5, 5.41) is 3.63. The number of halogens is 1. The number of hydrogen-bond acceptors (Lipinski definition) is 4. The van der Waals surface area contributed by atoms with Crippen LogP contribution >= 0.6 is 0 Å². The van der Waals surface area contributed by atoms with E-state index in [0.29, 0.717) is 11.3 Å². The molecule has 2 aromatic carbocycles. The second-order valence-corrected chi connectivity index (χ2v) is 12.0. The molecule has 1 saturated carbocycles. The lowest BCUT2D eigenvalue weighted by Crippen LogP contribution is -2.72. The first-order valence-corrected chi connectivity index (χ1v) is 14.1. The highest BCUT2D eigenvalue weighted by atomic mass is 19.1. The molecule has 3 fully saturated rings. The van der Waals surface area contributed by atoms with Crippen LogP contribution in [0.3, 0.4) is 0 Å². The minimum atomic E-state index is -0.224. The fourth-order valence-corrected chi connectivity index (χ4v) is 6.90. The van der Waals surface area contributed by atoms with Crippen molar-refractivity contribution in [2.45, 2.75) is 51.9 Å². The minimum absolute atomic E-state index is 0.224. The van der Waals surface area contributed by atoms with Gasteiger partial charge in [0.15, 0.2) is 0 Å². The monoisotopic (exact) mass is 498 g/mol. The fraction of sp³-hybridized carbons (Fsp3) is 0.469. The Morgan fingerprint density at radius 2 is 1.73 bits per heavy atom. The molecule has 194 valence electrons. The number of aromatic nitrogens is 1. The second-order valence-electron chi connectivity index (χ2n) is 12.0. The Morgan fingerprint density at radius 1 is 0.946 bits per heavy atom. The van der Waals surface area contributed by atoms with E-state index < -0.39 is 0 Å². The van der Waals surface area contributed by atoms with Gasteiger partial charge in [-0.25, -0.2) is 4.39 Å². The van der Waals surface area contributed by atoms with Crippen LogP contribution in [0.25, 0.3) is 11.1 Å². The molecule has 1 aliphatic carbocycles. The van der Waals surface area contributed by atoms with Crippen molar-refractivity contribution in [3.63, 3.8) is 0 Å². The van der Waals surface area contributed by atoms with E-state index in [1.807, 2.05) is 24.5 Å². The van der Waals surface area contributed by atoms with Gasteiger partial charge in [0.1, 0.15) is 5.82 Å². The molecule has 3 aromatic rings. The fourth-order valence-electron chi connectivity index (χ4n) is 6.90. The normalized spacial score (nSPS) is 19.6. The number of benzene rings is 2. The predicted octanol–water partition coefficient (Wildman–Crippen LogP) is 7.46. The van der Waals surface area contributed by atoms with Crippen LogP contribution in [0, 0.1) is 17.2 Å². The van der Waals surface area contributed by atoms with E-state index in [0.717, 1.165) is 41.5 Å². The summed E-state index contributed by atoms with van der Waals surface area (Å²) in [6.07, 6.45) is 10.9. The number of hydrogen-bond donors (Lipinski definition) is 1. The van der Waals surface area contributed by atoms with Crippen LogP contribution in [0.15, 0.2) is 60.9 Å². The highest BCUT2D eigenvalue weighted by Crippen LogP contribution is 2.45. The van der Waals surface area contributed by atoms with E-state index in [1.54, 1.807) is 6.07 Å². The molecule has 3 heterocycles. The molecule has 2 saturated heterocycles. The van der Waals surface area contributed by atoms with E-state index in [4.69, 9.17) is 0 Å². The summed E-state index contributed by atoms with van der Waals surface area (Å²) in [6, 6.07) is 15.5. The lowest BCUT2D eigenvalue weighted by molar-refractivity contribution is -0.0332. The topological polar surface area (TPSA) is 31.4 Å². The van der Waals surface area contributed by atoms with Gasteiger partial charge in [0, 0.05) is 55.6 Å². The maximum Gasteiger partial charge on any atom is 0.123 e. The second kappa shape index (κ2) is 10.1. The maximum atomic E-state index is 14.4. The van der Waals surface area contributed by atoms with Gasteiger partial charge >= 0.3 is 0 Å². The SMILES string of the molecule is CC(C)c1ccccc1-c1cc(F)ccc1Nc1cnccc1N1CC2(CN(CC3CCCCC3)C2)C1. The molecule has 0 bridgehead atoms. The van der Waals surface area contributed by atoms with E-state index in [9.17, 15) is 4.39 Å². The number of anilines is 3. The number of nitrogens with zero attached hydrogens (tertiary/aromatic N) is 3. The Hall–Kier alpha value is -2.92. The van der Waals surface area contributed by atoms with Crippen molar-refractivity contribution in [1.82, 2.24) is 9.88 Å². The number of likely N-dealkylation sites (tertiary alicyclic amines) is 1. The molecule has 37 heavy (non-hydrogen) atoms. The summed E-state index contributed by atoms with van der Waals surface area (Å²) >= 11 is 0. The van der Waals surface area contributed by atoms with Crippen LogP contribution in [0.4, 0.5) is 21.5 Å². The molecule has 2 aliphatic heterocycles. The molecule has 0 atom stereocenters. The van der Waals surface area contributed by atoms with Crippen LogP contribution in [0.1, 0.15) is 57.4 Å². The van der Waals surface area contributed by atoms with Crippen molar-refractivity contribution in [3.05, 3.63) is 72.3 Å². The molecule has 1 aromatic heterocycles. The third kappa shape index (κ3) is 4.98. The van der Waals surface area contributed by atoms with Gasteiger partial charge in [0.05, 0.1) is 17.6 Å². The quantitative estimate of drug-likeness (QED) is 0.366. The lowest BCUT2D eigenvalue weighted by atomic mass is 9.72. The van der Waals surface area contributed by atoms with Gasteiger partial charge in [-0.1, -0.05) is 57.4 Å². The van der Waals surface area contributed by atoms with Crippen molar-refractivity contribution in [3.8, 4) is 11.1 Å². The zero-order valence-electron chi connectivity index (χ0n) is 22.2. The molecule has 1 N–H and O–H groups in total. The van der Waals surface area contributed by atoms with Crippen molar-refractivity contribution < 1.29 is 4.39 Å². The zero-order chi connectivity index (χ0) is 25.4. The van der Waals surface area contributed by atoms with Crippen molar-refractivity contribution in [1.29, 1.82) is 0 Å². The number of rotatable bonds is 7. The molecule has 6 rings (SSSR count). The summed E-state index contributed by atoms with van der Waals surface area (Å²) < 4.78 is 14.4. The standard InChI is InChI=1S/C32H39FN4/c1-23(2)26-10-6-7-11-27(26)28-16-25(33)12-13-29(28)35-30-17-34-15-14-31(30)37-21-32(22-37)19-36(20-32)18-24-8-4-3-5-9-24/h6-7,10-17,23-24,35H,3-5,8-9,18-22H2,1-2H3. The summed E-state index contributed by atoms with van der Waals surface area (Å²) in [4.78, 5) is 9.59. The van der Waals surface area contributed by atoms with Gasteiger partial charge in [0.25, 0.3) is 0 Å². The summed E-state index contributed by atoms with van der Waals surface area (Å²) in [6.45, 7) is 10.3. The highest BCUT2D eigenvalue weighted by Gasteiger charge is 2.52. The molecule has 4 nitrogen and oxygen atoms in total. The molecular formula is C32H39FN4. The van der Waals surface area contributed by atoms with Crippen molar-refractivity contribution >= 4 is 17.1 Å². The summed E-state index contributed by atoms with van der Waals surface area (Å²) in [5.41, 5.74) is 6.68. The van der Waals surface area contributed by atoms with Crippen LogP contribution in [-0.4, -0.2) is 42.6 Å². The largest absolute Gasteiger partial charge is 0.368 e. The van der Waals surface area contributed by atoms with E-state index in [2.05, 4.69) is 58.2 Å². The number of pyridine rings is 1. The molecule has 0 amide bonds. The molecular weight excluding hydrogens is 459 g/mol. The molecule has 3 aliphatic rings. The predicted molar refractivity (Wildman–Crippen MR) is 151 cm³/mol. The van der Waals surface area contributed by atoms with E-state index in [1.165, 1.54) is 69.1 Å². The van der Waals surface area contributed by atoms with Crippen molar-refractivity contribution in [2.75, 3.05) is 42.9 Å². The van der Waals surface area contributed by atoms with Crippen LogP contribution in [-0.2, 0) is 0 Å². The molecule has 0 radical (unpaired) electrons. The molecule has 1 spiro atoms. The van der Waals surface area contributed by atoms with Gasteiger partial charge in [-0.3, -0.25) is 4.98 Å². The first-order valence-electron chi connectivity index (χ1n) is 14.1. The zero-order valence-corrected chi connectivity index (χ0v) is 22.2. The average molecular weight is 499 g/mol. The first kappa shape index (κ1) is 24.4. The third-order valence-corrected chi connectivity index (χ3v) is 8.67. The maximum absolute atomic E-state index is 14.4. The lowest BCUT2D eigenvalue weighted by Gasteiger charge is -2.61. The number of nitrogens with one attached hydrogen (secondary N) is 1. The van der Waals surface area contributed by atoms with Crippen molar-refractivity contribution in [2.24, 2.45) is 11.3 Å². The van der Waals surface area contributed by atoms with Crippen LogP contribution in [0.5, 0.6) is 0 Å². The van der Waals surface area contributed by atoms with Gasteiger partial charge < -0.3 is 15.1 Å². The Morgan fingerprint density at radius 3 is 2.51 bits per heavy atom. The first-order chi connectivity index (χ1) is 18.0. The van der Waals surface area contributed by atoms with Gasteiger partial charge in [-0.15, -0.1) is 0 Å². The molecule has 5 heteroatoms. The Kier molecular flexibility index (Phi) is 6.66. The third-order valence-electron chi connectivity index (χ3n) is 8.67. The van der Waals surface area contributed by atoms with Gasteiger partial charge in [-0.05, 0) is 60.1 Å². The van der Waals surface area contributed by atoms with E-state index in [-0.39, 0.29) is 5.82 Å². The Balaban J connectivity index is 1.17. The smallest absolute Gasteiger partial charge is 0.123 e. The Bertz CT molecular complexity index is 1240. The minimum Gasteiger partial charge on any atom is -0.368 e. The van der Waals surface area contributed by atoms with Gasteiger partial charge in [-0.2, -0.15) is 0 Å². The van der Waals surface area contributed by atoms with Crippen LogP contribution in [0.2, 0.25) is 0 Å². The summed E-state index contributed by atoms with van der Waals surface area (Å²) in [7, 11) is 0. The summed E-state index contributed by atoms with van der Waals surface area (Å²) in [5.74, 6) is 1.04. The van der Waals surface area contributed by atoms with E-state index >= 15 is 0 Å². The Labute approximate surface area is 220 Å². The van der Waals surface area contributed by atoms with Gasteiger partial charge in [0.2, 0.25) is 0 Å². The highest BCUT2D eigenvalue weighted by molar-refractivity contribution is 5.86. The molecule has 0 unspecified atom stereocenters.